The van der Waals surface area contributed by atoms with Gasteiger partial charge in [-0.2, -0.15) is 0 Å². The highest BCUT2D eigenvalue weighted by molar-refractivity contribution is 5.81. The Morgan fingerprint density at radius 2 is 2.05 bits per heavy atom. The third-order valence-electron chi connectivity index (χ3n) is 4.01. The van der Waals surface area contributed by atoms with Gasteiger partial charge in [0.15, 0.2) is 6.10 Å². The van der Waals surface area contributed by atoms with Gasteiger partial charge in [-0.3, -0.25) is 9.59 Å². The summed E-state index contributed by atoms with van der Waals surface area (Å²) in [6, 6.07) is 9.28. The fraction of sp³-hybridized carbons (Fsp3) is 0.529. The van der Waals surface area contributed by atoms with Crippen molar-refractivity contribution in [3.8, 4) is 5.75 Å². The van der Waals surface area contributed by atoms with Crippen LogP contribution in [0.2, 0.25) is 0 Å². The van der Waals surface area contributed by atoms with Crippen molar-refractivity contribution < 1.29 is 19.4 Å². The second-order valence-corrected chi connectivity index (χ2v) is 5.69. The molecule has 2 rings (SSSR count). The van der Waals surface area contributed by atoms with Gasteiger partial charge in [0.25, 0.3) is 5.91 Å². The van der Waals surface area contributed by atoms with Crippen molar-refractivity contribution in [1.82, 2.24) is 4.90 Å². The van der Waals surface area contributed by atoms with Crippen molar-refractivity contribution in [2.45, 2.75) is 51.2 Å². The van der Waals surface area contributed by atoms with Crippen LogP contribution in [0.4, 0.5) is 0 Å². The Labute approximate surface area is 130 Å². The molecule has 22 heavy (non-hydrogen) atoms. The maximum atomic E-state index is 12.6. The number of carbonyl (C=O) groups is 2. The van der Waals surface area contributed by atoms with Crippen LogP contribution in [0.1, 0.15) is 39.0 Å². The number of benzene rings is 1. The highest BCUT2D eigenvalue weighted by Crippen LogP contribution is 2.23. The van der Waals surface area contributed by atoms with Crippen LogP contribution in [0, 0.1) is 0 Å². The van der Waals surface area contributed by atoms with Crippen molar-refractivity contribution in [3.05, 3.63) is 30.3 Å². The van der Waals surface area contributed by atoms with Crippen LogP contribution in [0.25, 0.3) is 0 Å². The van der Waals surface area contributed by atoms with Gasteiger partial charge in [-0.05, 0) is 44.7 Å². The first-order valence-electron chi connectivity index (χ1n) is 7.82. The predicted octanol–water partition coefficient (Wildman–Crippen LogP) is 2.70. The number of carboxylic acids is 1. The largest absolute Gasteiger partial charge is 0.481 e. The predicted molar refractivity (Wildman–Crippen MR) is 82.8 cm³/mol. The summed E-state index contributed by atoms with van der Waals surface area (Å²) in [5.41, 5.74) is 0. The first-order chi connectivity index (χ1) is 10.6. The molecule has 0 aromatic heterocycles. The Bertz CT molecular complexity index is 503. The Balaban J connectivity index is 1.97. The molecule has 1 amide bonds. The summed E-state index contributed by atoms with van der Waals surface area (Å²) in [5, 5.41) is 8.84. The monoisotopic (exact) mass is 305 g/mol. The fourth-order valence-corrected chi connectivity index (χ4v) is 2.87. The van der Waals surface area contributed by atoms with E-state index >= 15 is 0 Å². The zero-order valence-electron chi connectivity index (χ0n) is 12.9. The molecule has 5 nitrogen and oxygen atoms in total. The number of ether oxygens (including phenoxy) is 1. The number of carbonyl (C=O) groups excluding carboxylic acids is 1. The van der Waals surface area contributed by atoms with E-state index in [1.54, 1.807) is 11.8 Å². The van der Waals surface area contributed by atoms with Gasteiger partial charge in [0.1, 0.15) is 5.75 Å². The Hall–Kier alpha value is -2.04. The summed E-state index contributed by atoms with van der Waals surface area (Å²) < 4.78 is 5.70. The molecule has 1 saturated heterocycles. The van der Waals surface area contributed by atoms with Crippen molar-refractivity contribution in [1.29, 1.82) is 0 Å². The smallest absolute Gasteiger partial charge is 0.303 e. The number of nitrogens with zero attached hydrogens (tertiary/aromatic N) is 1. The average molecular weight is 305 g/mol. The normalized spacial score (nSPS) is 19.5. The number of carboxylic acid groups (broad SMARTS) is 1. The van der Waals surface area contributed by atoms with Crippen molar-refractivity contribution in [2.75, 3.05) is 6.54 Å². The van der Waals surface area contributed by atoms with Crippen LogP contribution < -0.4 is 4.74 Å². The van der Waals surface area contributed by atoms with Crippen LogP contribution in [0.5, 0.6) is 5.75 Å². The number of piperidine rings is 1. The average Bonchev–Trinajstić information content (AvgIpc) is 2.53. The molecule has 0 aliphatic carbocycles. The lowest BCUT2D eigenvalue weighted by molar-refractivity contribution is -0.144. The summed E-state index contributed by atoms with van der Waals surface area (Å²) in [7, 11) is 0. The first kappa shape index (κ1) is 16.3. The molecule has 120 valence electrons. The van der Waals surface area contributed by atoms with Crippen LogP contribution in [0.3, 0.4) is 0 Å². The van der Waals surface area contributed by atoms with E-state index in [4.69, 9.17) is 9.84 Å². The van der Waals surface area contributed by atoms with Gasteiger partial charge in [-0.15, -0.1) is 0 Å². The SMILES string of the molecule is C[C@H](Oc1ccccc1)C(=O)N1CCCC[C@@H]1CCC(=O)O. The topological polar surface area (TPSA) is 66.8 Å². The lowest BCUT2D eigenvalue weighted by atomic mass is 9.97. The third-order valence-corrected chi connectivity index (χ3v) is 4.01. The fourth-order valence-electron chi connectivity index (χ4n) is 2.87. The minimum Gasteiger partial charge on any atom is -0.481 e. The van der Waals surface area contributed by atoms with Gasteiger partial charge in [0.05, 0.1) is 0 Å². The van der Waals surface area contributed by atoms with E-state index in [1.165, 1.54) is 0 Å². The number of para-hydroxylation sites is 1. The molecule has 1 fully saturated rings. The number of likely N-dealkylation sites (tertiary alicyclic amines) is 1. The zero-order chi connectivity index (χ0) is 15.9. The molecule has 2 atom stereocenters. The summed E-state index contributed by atoms with van der Waals surface area (Å²) >= 11 is 0. The minimum absolute atomic E-state index is 0.0131. The summed E-state index contributed by atoms with van der Waals surface area (Å²) in [4.78, 5) is 25.2. The zero-order valence-corrected chi connectivity index (χ0v) is 12.9. The number of amides is 1. The van der Waals surface area contributed by atoms with E-state index in [9.17, 15) is 9.59 Å². The van der Waals surface area contributed by atoms with Gasteiger partial charge < -0.3 is 14.7 Å². The van der Waals surface area contributed by atoms with Gasteiger partial charge >= 0.3 is 5.97 Å². The quantitative estimate of drug-likeness (QED) is 0.877. The molecule has 0 unspecified atom stereocenters. The molecular formula is C17H23NO4. The molecule has 0 bridgehead atoms. The lowest BCUT2D eigenvalue weighted by Gasteiger charge is -2.37. The van der Waals surface area contributed by atoms with Crippen LogP contribution in [0.15, 0.2) is 30.3 Å². The third kappa shape index (κ3) is 4.48. The van der Waals surface area contributed by atoms with Crippen molar-refractivity contribution in [2.24, 2.45) is 0 Å². The second-order valence-electron chi connectivity index (χ2n) is 5.69. The molecule has 0 radical (unpaired) electrons. The van der Waals surface area contributed by atoms with E-state index in [2.05, 4.69) is 0 Å². The van der Waals surface area contributed by atoms with Gasteiger partial charge in [-0.25, -0.2) is 0 Å². The van der Waals surface area contributed by atoms with E-state index < -0.39 is 12.1 Å². The number of hydrogen-bond donors (Lipinski definition) is 1. The molecule has 1 N–H and O–H groups in total. The molecule has 1 aliphatic heterocycles. The molecule has 1 aromatic carbocycles. The molecule has 0 spiro atoms. The second kappa shape index (κ2) is 7.82. The Kier molecular flexibility index (Phi) is 5.81. The van der Waals surface area contributed by atoms with Gasteiger partial charge in [0, 0.05) is 19.0 Å². The van der Waals surface area contributed by atoms with Crippen LogP contribution in [-0.4, -0.2) is 40.6 Å². The maximum Gasteiger partial charge on any atom is 0.303 e. The van der Waals surface area contributed by atoms with E-state index in [-0.39, 0.29) is 18.4 Å². The Morgan fingerprint density at radius 3 is 2.73 bits per heavy atom. The summed E-state index contributed by atoms with van der Waals surface area (Å²) in [5.74, 6) is -0.201. The van der Waals surface area contributed by atoms with Gasteiger partial charge in [0.2, 0.25) is 0 Å². The van der Waals surface area contributed by atoms with Crippen LogP contribution >= 0.6 is 0 Å². The molecule has 5 heteroatoms. The Morgan fingerprint density at radius 1 is 1.32 bits per heavy atom. The van der Waals surface area contributed by atoms with Crippen molar-refractivity contribution in [3.63, 3.8) is 0 Å². The van der Waals surface area contributed by atoms with Crippen LogP contribution in [-0.2, 0) is 9.59 Å². The van der Waals surface area contributed by atoms with E-state index in [0.717, 1.165) is 19.3 Å². The highest BCUT2D eigenvalue weighted by atomic mass is 16.5. The summed E-state index contributed by atoms with van der Waals surface area (Å²) in [6.45, 7) is 2.43. The molecule has 1 aromatic rings. The molecule has 1 aliphatic rings. The number of hydrogen-bond acceptors (Lipinski definition) is 3. The first-order valence-corrected chi connectivity index (χ1v) is 7.82. The van der Waals surface area contributed by atoms with E-state index in [1.807, 2.05) is 30.3 Å². The van der Waals surface area contributed by atoms with Crippen molar-refractivity contribution >= 4 is 11.9 Å². The van der Waals surface area contributed by atoms with Gasteiger partial charge in [-0.1, -0.05) is 18.2 Å². The standard InChI is InChI=1S/C17H23NO4/c1-13(22-15-8-3-2-4-9-15)17(21)18-12-6-5-7-14(18)10-11-16(19)20/h2-4,8-9,13-14H,5-7,10-12H2,1H3,(H,19,20)/t13-,14+/m0/s1. The molecule has 0 saturated carbocycles. The number of rotatable bonds is 6. The maximum absolute atomic E-state index is 12.6. The summed E-state index contributed by atoms with van der Waals surface area (Å²) in [6.07, 6.45) is 2.93. The van der Waals surface area contributed by atoms with E-state index in [0.29, 0.717) is 18.7 Å². The molecule has 1 heterocycles. The minimum atomic E-state index is -0.813. The number of aliphatic carboxylic acids is 1. The lowest BCUT2D eigenvalue weighted by Crippen LogP contribution is -2.49. The highest BCUT2D eigenvalue weighted by Gasteiger charge is 2.30. The molecular weight excluding hydrogens is 282 g/mol.